The van der Waals surface area contributed by atoms with E-state index in [9.17, 15) is 9.59 Å². The number of aryl methyl sites for hydroxylation is 2. The fraction of sp³-hybridized carbons (Fsp3) is 0.238. The van der Waals surface area contributed by atoms with Crippen molar-refractivity contribution in [3.63, 3.8) is 0 Å². The van der Waals surface area contributed by atoms with Gasteiger partial charge in [0, 0.05) is 29.1 Å². The quantitative estimate of drug-likeness (QED) is 0.745. The van der Waals surface area contributed by atoms with Gasteiger partial charge in [-0.1, -0.05) is 17.7 Å². The molecule has 3 aromatic rings. The van der Waals surface area contributed by atoms with Crippen LogP contribution in [-0.2, 0) is 11.2 Å². The van der Waals surface area contributed by atoms with Crippen LogP contribution in [0.2, 0.25) is 0 Å². The van der Waals surface area contributed by atoms with E-state index in [1.807, 2.05) is 43.3 Å². The minimum atomic E-state index is -0.192. The zero-order chi connectivity index (χ0) is 18.8. The first-order valence-electron chi connectivity index (χ1n) is 8.90. The van der Waals surface area contributed by atoms with Gasteiger partial charge in [-0.05, 0) is 37.6 Å². The number of hydrogen-bond acceptors (Lipinski definition) is 4. The number of pyridine rings is 1. The van der Waals surface area contributed by atoms with Crippen LogP contribution in [0.4, 0.5) is 5.69 Å². The summed E-state index contributed by atoms with van der Waals surface area (Å²) in [5, 5.41) is 3.70. The van der Waals surface area contributed by atoms with Crippen molar-refractivity contribution in [2.45, 2.75) is 19.8 Å². The van der Waals surface area contributed by atoms with E-state index in [2.05, 4.69) is 10.3 Å². The number of carbonyl (C=O) groups is 1. The second kappa shape index (κ2) is 7.15. The van der Waals surface area contributed by atoms with E-state index in [0.717, 1.165) is 16.6 Å². The highest BCUT2D eigenvalue weighted by atomic mass is 16.6. The van der Waals surface area contributed by atoms with Crippen molar-refractivity contribution in [1.29, 1.82) is 0 Å². The Bertz CT molecular complexity index is 1050. The lowest BCUT2D eigenvalue weighted by Crippen LogP contribution is -2.18. The Balaban J connectivity index is 1.49. The number of carbonyl (C=O) groups excluding carboxylic acids is 1. The molecule has 2 N–H and O–H groups in total. The number of benzene rings is 2. The third-order valence-electron chi connectivity index (χ3n) is 4.54. The zero-order valence-electron chi connectivity index (χ0n) is 15.0. The third kappa shape index (κ3) is 3.79. The van der Waals surface area contributed by atoms with E-state index in [0.29, 0.717) is 42.2 Å². The molecule has 27 heavy (non-hydrogen) atoms. The lowest BCUT2D eigenvalue weighted by Gasteiger charge is -2.18. The molecular formula is C21H20N2O4. The van der Waals surface area contributed by atoms with Crippen molar-refractivity contribution >= 4 is 22.5 Å². The summed E-state index contributed by atoms with van der Waals surface area (Å²) in [6.45, 7) is 3.00. The number of anilines is 1. The van der Waals surface area contributed by atoms with Crippen LogP contribution in [0.25, 0.3) is 10.9 Å². The average molecular weight is 364 g/mol. The van der Waals surface area contributed by atoms with Crippen LogP contribution in [0, 0.1) is 6.92 Å². The van der Waals surface area contributed by atoms with E-state index < -0.39 is 0 Å². The van der Waals surface area contributed by atoms with Crippen molar-refractivity contribution in [2.24, 2.45) is 0 Å². The number of fused-ring (bicyclic) bond motifs is 2. The van der Waals surface area contributed by atoms with Gasteiger partial charge in [0.25, 0.3) is 5.56 Å². The SMILES string of the molecule is Cc1ccc(NC(=O)CCc2cc3cc4c(cc3[nH]c2=O)OCCO4)cc1. The third-order valence-corrected chi connectivity index (χ3v) is 4.54. The molecule has 0 atom stereocenters. The van der Waals surface area contributed by atoms with E-state index >= 15 is 0 Å². The highest BCUT2D eigenvalue weighted by molar-refractivity contribution is 5.91. The molecule has 1 aliphatic rings. The van der Waals surface area contributed by atoms with E-state index in [1.165, 1.54) is 0 Å². The summed E-state index contributed by atoms with van der Waals surface area (Å²) in [7, 11) is 0. The monoisotopic (exact) mass is 364 g/mol. The van der Waals surface area contributed by atoms with Crippen LogP contribution >= 0.6 is 0 Å². The van der Waals surface area contributed by atoms with Crippen molar-refractivity contribution in [2.75, 3.05) is 18.5 Å². The van der Waals surface area contributed by atoms with Crippen molar-refractivity contribution in [3.05, 3.63) is 63.9 Å². The predicted molar refractivity (Wildman–Crippen MR) is 104 cm³/mol. The lowest BCUT2D eigenvalue weighted by molar-refractivity contribution is -0.116. The molecule has 4 rings (SSSR count). The number of hydrogen-bond donors (Lipinski definition) is 2. The molecule has 0 aliphatic carbocycles. The van der Waals surface area contributed by atoms with Gasteiger partial charge in [-0.2, -0.15) is 0 Å². The fourth-order valence-electron chi connectivity index (χ4n) is 3.08. The Morgan fingerprint density at radius 2 is 1.78 bits per heavy atom. The van der Waals surface area contributed by atoms with Gasteiger partial charge in [0.15, 0.2) is 11.5 Å². The second-order valence-electron chi connectivity index (χ2n) is 6.62. The molecule has 6 heteroatoms. The first-order valence-corrected chi connectivity index (χ1v) is 8.90. The Labute approximate surface area is 156 Å². The average Bonchev–Trinajstić information content (AvgIpc) is 2.66. The van der Waals surface area contributed by atoms with Crippen LogP contribution in [0.15, 0.2) is 47.3 Å². The number of H-pyrrole nitrogens is 1. The Kier molecular flexibility index (Phi) is 4.54. The van der Waals surface area contributed by atoms with Gasteiger partial charge >= 0.3 is 0 Å². The number of nitrogens with one attached hydrogen (secondary N) is 2. The molecule has 1 amide bonds. The standard InChI is InChI=1S/C21H20N2O4/c1-13-2-5-16(6-3-13)22-20(24)7-4-14-10-15-11-18-19(27-9-8-26-18)12-17(15)23-21(14)25/h2-3,5-6,10-12H,4,7-9H2,1H3,(H,22,24)(H,23,25). The minimum Gasteiger partial charge on any atom is -0.486 e. The summed E-state index contributed by atoms with van der Waals surface area (Å²) in [6.07, 6.45) is 0.588. The molecule has 0 radical (unpaired) electrons. The van der Waals surface area contributed by atoms with E-state index in [1.54, 1.807) is 6.07 Å². The molecule has 0 saturated carbocycles. The Hall–Kier alpha value is -3.28. The molecule has 1 aliphatic heterocycles. The first kappa shape index (κ1) is 17.1. The molecule has 2 aromatic carbocycles. The van der Waals surface area contributed by atoms with Crippen molar-refractivity contribution in [1.82, 2.24) is 4.98 Å². The molecule has 6 nitrogen and oxygen atoms in total. The molecule has 0 unspecified atom stereocenters. The van der Waals surface area contributed by atoms with Gasteiger partial charge in [0.2, 0.25) is 5.91 Å². The summed E-state index contributed by atoms with van der Waals surface area (Å²) in [4.78, 5) is 27.4. The highest BCUT2D eigenvalue weighted by Crippen LogP contribution is 2.33. The molecule has 0 fully saturated rings. The van der Waals surface area contributed by atoms with Crippen LogP contribution in [0.5, 0.6) is 11.5 Å². The van der Waals surface area contributed by atoms with E-state index in [4.69, 9.17) is 9.47 Å². The largest absolute Gasteiger partial charge is 0.486 e. The van der Waals surface area contributed by atoms with Gasteiger partial charge in [-0.3, -0.25) is 9.59 Å². The van der Waals surface area contributed by atoms with Gasteiger partial charge in [0.05, 0.1) is 5.52 Å². The summed E-state index contributed by atoms with van der Waals surface area (Å²) < 4.78 is 11.1. The van der Waals surface area contributed by atoms with Gasteiger partial charge in [0.1, 0.15) is 13.2 Å². The Morgan fingerprint density at radius 1 is 1.07 bits per heavy atom. The number of aromatic amines is 1. The normalized spacial score (nSPS) is 12.8. The summed E-state index contributed by atoms with van der Waals surface area (Å²) in [6, 6.07) is 13.1. The molecule has 0 bridgehead atoms. The first-order chi connectivity index (χ1) is 13.1. The smallest absolute Gasteiger partial charge is 0.251 e. The zero-order valence-corrected chi connectivity index (χ0v) is 15.0. The second-order valence-corrected chi connectivity index (χ2v) is 6.62. The van der Waals surface area contributed by atoms with Crippen LogP contribution in [-0.4, -0.2) is 24.1 Å². The number of rotatable bonds is 4. The topological polar surface area (TPSA) is 80.4 Å². The van der Waals surface area contributed by atoms with Gasteiger partial charge in [-0.15, -0.1) is 0 Å². The van der Waals surface area contributed by atoms with Gasteiger partial charge in [-0.25, -0.2) is 0 Å². The summed E-state index contributed by atoms with van der Waals surface area (Å²) in [5.41, 5.74) is 2.95. The molecule has 2 heterocycles. The van der Waals surface area contributed by atoms with Crippen LogP contribution in [0.3, 0.4) is 0 Å². The van der Waals surface area contributed by atoms with Crippen molar-refractivity contribution in [3.8, 4) is 11.5 Å². The summed E-state index contributed by atoms with van der Waals surface area (Å²) >= 11 is 0. The van der Waals surface area contributed by atoms with Crippen molar-refractivity contribution < 1.29 is 14.3 Å². The maximum absolute atomic E-state index is 12.4. The Morgan fingerprint density at radius 3 is 2.52 bits per heavy atom. The number of aromatic nitrogens is 1. The molecule has 0 spiro atoms. The highest BCUT2D eigenvalue weighted by Gasteiger charge is 2.14. The summed E-state index contributed by atoms with van der Waals surface area (Å²) in [5.74, 6) is 1.18. The van der Waals surface area contributed by atoms with Crippen LogP contribution < -0.4 is 20.3 Å². The minimum absolute atomic E-state index is 0.125. The van der Waals surface area contributed by atoms with Crippen LogP contribution in [0.1, 0.15) is 17.5 Å². The maximum atomic E-state index is 12.4. The number of ether oxygens (including phenoxy) is 2. The molecule has 1 aromatic heterocycles. The number of amides is 1. The molecular weight excluding hydrogens is 344 g/mol. The molecule has 0 saturated heterocycles. The lowest BCUT2D eigenvalue weighted by atomic mass is 10.1. The van der Waals surface area contributed by atoms with Gasteiger partial charge < -0.3 is 19.8 Å². The fourth-order valence-corrected chi connectivity index (χ4v) is 3.08. The van der Waals surface area contributed by atoms with E-state index in [-0.39, 0.29) is 17.9 Å². The maximum Gasteiger partial charge on any atom is 0.251 e. The molecule has 138 valence electrons. The predicted octanol–water partition coefficient (Wildman–Crippen LogP) is 3.18.